The second-order valence-corrected chi connectivity index (χ2v) is 3.48. The summed E-state index contributed by atoms with van der Waals surface area (Å²) >= 11 is 6.01. The second kappa shape index (κ2) is 4.51. The zero-order chi connectivity index (χ0) is 8.97. The predicted octanol–water partition coefficient (Wildman–Crippen LogP) is 2.27. The van der Waals surface area contributed by atoms with Gasteiger partial charge in [-0.1, -0.05) is 6.42 Å². The molecule has 12 heavy (non-hydrogen) atoms. The number of hydrogen-bond acceptors (Lipinski definition) is 2. The summed E-state index contributed by atoms with van der Waals surface area (Å²) in [4.78, 5) is 10.9. The molecule has 0 bridgehead atoms. The Hall–Kier alpha value is -0.500. The van der Waals surface area contributed by atoms with Crippen molar-refractivity contribution in [1.82, 2.24) is 0 Å². The topological polar surface area (TPSA) is 26.3 Å². The van der Waals surface area contributed by atoms with E-state index in [-0.39, 0.29) is 11.3 Å². The zero-order valence-corrected chi connectivity index (χ0v) is 7.93. The summed E-state index contributed by atoms with van der Waals surface area (Å²) in [7, 11) is 1.38. The minimum atomic E-state index is -0.294. The Morgan fingerprint density at radius 1 is 1.67 bits per heavy atom. The van der Waals surface area contributed by atoms with Gasteiger partial charge in [0.15, 0.2) is 0 Å². The standard InChI is InChI=1S/C9H13ClO2/c1-12-9(11)6-7-4-2-3-5-8(7)10/h6,8H,2-5H2,1H3/b7-6-. The van der Waals surface area contributed by atoms with Gasteiger partial charge in [-0.05, 0) is 24.8 Å². The molecule has 1 unspecified atom stereocenters. The minimum Gasteiger partial charge on any atom is -0.466 e. The maximum absolute atomic E-state index is 10.9. The van der Waals surface area contributed by atoms with Gasteiger partial charge in [-0.15, -0.1) is 11.6 Å². The van der Waals surface area contributed by atoms with E-state index >= 15 is 0 Å². The van der Waals surface area contributed by atoms with E-state index in [1.807, 2.05) is 0 Å². The molecule has 68 valence electrons. The highest BCUT2D eigenvalue weighted by Crippen LogP contribution is 2.27. The molecule has 1 aliphatic carbocycles. The van der Waals surface area contributed by atoms with Gasteiger partial charge in [0.1, 0.15) is 0 Å². The third-order valence-corrected chi connectivity index (χ3v) is 2.58. The smallest absolute Gasteiger partial charge is 0.330 e. The number of hydrogen-bond donors (Lipinski definition) is 0. The maximum atomic E-state index is 10.9. The largest absolute Gasteiger partial charge is 0.466 e. The van der Waals surface area contributed by atoms with Gasteiger partial charge in [-0.3, -0.25) is 0 Å². The quantitative estimate of drug-likeness (QED) is 0.359. The van der Waals surface area contributed by atoms with E-state index in [4.69, 9.17) is 11.6 Å². The number of alkyl halides is 1. The zero-order valence-electron chi connectivity index (χ0n) is 7.18. The van der Waals surface area contributed by atoms with Crippen LogP contribution >= 0.6 is 11.6 Å². The molecule has 1 atom stereocenters. The van der Waals surface area contributed by atoms with Gasteiger partial charge < -0.3 is 4.74 Å². The number of rotatable bonds is 1. The second-order valence-electron chi connectivity index (χ2n) is 2.96. The highest BCUT2D eigenvalue weighted by atomic mass is 35.5. The summed E-state index contributed by atoms with van der Waals surface area (Å²) in [6, 6.07) is 0. The van der Waals surface area contributed by atoms with E-state index in [0.29, 0.717) is 0 Å². The first-order valence-electron chi connectivity index (χ1n) is 4.16. The minimum absolute atomic E-state index is 0.0397. The molecule has 0 aromatic rings. The fourth-order valence-electron chi connectivity index (χ4n) is 1.37. The number of allylic oxidation sites excluding steroid dienone is 1. The summed E-state index contributed by atoms with van der Waals surface area (Å²) < 4.78 is 4.53. The summed E-state index contributed by atoms with van der Waals surface area (Å²) in [5.41, 5.74) is 1.02. The molecule has 3 heteroatoms. The van der Waals surface area contributed by atoms with Crippen molar-refractivity contribution in [3.63, 3.8) is 0 Å². The number of carbonyl (C=O) groups excluding carboxylic acids is 1. The van der Waals surface area contributed by atoms with Crippen molar-refractivity contribution in [2.75, 3.05) is 7.11 Å². The number of halogens is 1. The molecule has 0 aromatic carbocycles. The molecule has 0 heterocycles. The van der Waals surface area contributed by atoms with Crippen molar-refractivity contribution in [1.29, 1.82) is 0 Å². The molecule has 0 amide bonds. The first-order chi connectivity index (χ1) is 5.74. The van der Waals surface area contributed by atoms with Crippen LogP contribution in [0.2, 0.25) is 0 Å². The lowest BCUT2D eigenvalue weighted by Crippen LogP contribution is -2.11. The van der Waals surface area contributed by atoms with Gasteiger partial charge >= 0.3 is 5.97 Å². The first-order valence-corrected chi connectivity index (χ1v) is 4.60. The van der Waals surface area contributed by atoms with Crippen LogP contribution in [0.5, 0.6) is 0 Å². The molecule has 0 aromatic heterocycles. The van der Waals surface area contributed by atoms with Crippen molar-refractivity contribution < 1.29 is 9.53 Å². The normalized spacial score (nSPS) is 27.2. The Balaban J connectivity index is 2.58. The molecular weight excluding hydrogens is 176 g/mol. The van der Waals surface area contributed by atoms with Crippen LogP contribution in [-0.4, -0.2) is 18.5 Å². The van der Waals surface area contributed by atoms with Crippen LogP contribution in [0.25, 0.3) is 0 Å². The third kappa shape index (κ3) is 2.52. The molecule has 0 radical (unpaired) electrons. The lowest BCUT2D eigenvalue weighted by Gasteiger charge is -2.18. The monoisotopic (exact) mass is 188 g/mol. The molecule has 1 rings (SSSR count). The molecule has 0 saturated heterocycles. The fraction of sp³-hybridized carbons (Fsp3) is 0.667. The lowest BCUT2D eigenvalue weighted by molar-refractivity contribution is -0.134. The SMILES string of the molecule is COC(=O)/C=C1/CCCCC1Cl. The van der Waals surface area contributed by atoms with Crippen molar-refractivity contribution >= 4 is 17.6 Å². The van der Waals surface area contributed by atoms with Crippen LogP contribution in [0.1, 0.15) is 25.7 Å². The van der Waals surface area contributed by atoms with Gasteiger partial charge in [0, 0.05) is 6.08 Å². The maximum Gasteiger partial charge on any atom is 0.330 e. The third-order valence-electron chi connectivity index (χ3n) is 2.08. The van der Waals surface area contributed by atoms with E-state index in [0.717, 1.165) is 31.3 Å². The van der Waals surface area contributed by atoms with Crippen LogP contribution in [0, 0.1) is 0 Å². The highest BCUT2D eigenvalue weighted by Gasteiger charge is 2.16. The van der Waals surface area contributed by atoms with E-state index < -0.39 is 0 Å². The molecule has 0 spiro atoms. The van der Waals surface area contributed by atoms with E-state index in [1.54, 1.807) is 0 Å². The van der Waals surface area contributed by atoms with Gasteiger partial charge in [-0.2, -0.15) is 0 Å². The van der Waals surface area contributed by atoms with Gasteiger partial charge in [0.25, 0.3) is 0 Å². The van der Waals surface area contributed by atoms with Crippen LogP contribution in [-0.2, 0) is 9.53 Å². The average molecular weight is 189 g/mol. The predicted molar refractivity (Wildman–Crippen MR) is 48.2 cm³/mol. The summed E-state index contributed by atoms with van der Waals surface area (Å²) in [5.74, 6) is -0.294. The van der Waals surface area contributed by atoms with E-state index in [9.17, 15) is 4.79 Å². The van der Waals surface area contributed by atoms with Crippen LogP contribution in [0.4, 0.5) is 0 Å². The van der Waals surface area contributed by atoms with E-state index in [2.05, 4.69) is 4.74 Å². The van der Waals surface area contributed by atoms with Crippen molar-refractivity contribution in [2.45, 2.75) is 31.1 Å². The lowest BCUT2D eigenvalue weighted by atomic mass is 9.94. The van der Waals surface area contributed by atoms with Gasteiger partial charge in [-0.25, -0.2) is 4.79 Å². The Labute approximate surface area is 77.5 Å². The van der Waals surface area contributed by atoms with Gasteiger partial charge in [0.2, 0.25) is 0 Å². The van der Waals surface area contributed by atoms with Crippen LogP contribution in [0.3, 0.4) is 0 Å². The molecular formula is C9H13ClO2. The summed E-state index contributed by atoms with van der Waals surface area (Å²) in [5, 5.41) is 0.0397. The first kappa shape index (κ1) is 9.59. The Kier molecular flexibility index (Phi) is 3.60. The Morgan fingerprint density at radius 3 is 3.00 bits per heavy atom. The molecule has 0 aliphatic heterocycles. The Bertz CT molecular complexity index is 199. The Morgan fingerprint density at radius 2 is 2.42 bits per heavy atom. The number of carbonyl (C=O) groups is 1. The van der Waals surface area contributed by atoms with Crippen molar-refractivity contribution in [3.05, 3.63) is 11.6 Å². The number of ether oxygens (including phenoxy) is 1. The molecule has 1 fully saturated rings. The highest BCUT2D eigenvalue weighted by molar-refractivity contribution is 6.22. The van der Waals surface area contributed by atoms with E-state index in [1.165, 1.54) is 13.2 Å². The molecule has 1 aliphatic rings. The number of methoxy groups -OCH3 is 1. The molecule has 0 N–H and O–H groups in total. The molecule has 1 saturated carbocycles. The fourth-order valence-corrected chi connectivity index (χ4v) is 1.69. The van der Waals surface area contributed by atoms with Crippen LogP contribution in [0.15, 0.2) is 11.6 Å². The molecule has 2 nitrogen and oxygen atoms in total. The van der Waals surface area contributed by atoms with Crippen molar-refractivity contribution in [3.8, 4) is 0 Å². The van der Waals surface area contributed by atoms with Gasteiger partial charge in [0.05, 0.1) is 12.5 Å². The summed E-state index contributed by atoms with van der Waals surface area (Å²) in [6.07, 6.45) is 5.73. The van der Waals surface area contributed by atoms with Crippen molar-refractivity contribution in [2.24, 2.45) is 0 Å². The van der Waals surface area contributed by atoms with Crippen LogP contribution < -0.4 is 0 Å². The average Bonchev–Trinajstić information content (AvgIpc) is 2.09. The summed E-state index contributed by atoms with van der Waals surface area (Å²) in [6.45, 7) is 0. The number of esters is 1.